The number of allylic oxidation sites excluding steroid dienone is 1. The number of hydrogen-bond acceptors (Lipinski definition) is 4. The first-order chi connectivity index (χ1) is 12.6. The summed E-state index contributed by atoms with van der Waals surface area (Å²) in [5.74, 6) is -1.45. The van der Waals surface area contributed by atoms with E-state index in [9.17, 15) is 13.6 Å². The van der Waals surface area contributed by atoms with Gasteiger partial charge in [-0.15, -0.1) is 0 Å². The van der Waals surface area contributed by atoms with Crippen molar-refractivity contribution in [3.8, 4) is 0 Å². The van der Waals surface area contributed by atoms with E-state index in [-0.39, 0.29) is 11.5 Å². The molecule has 3 N–H and O–H groups in total. The Morgan fingerprint density at radius 1 is 1.27 bits per heavy atom. The second-order valence-electron chi connectivity index (χ2n) is 5.96. The Hall–Kier alpha value is -3.09. The highest BCUT2D eigenvalue weighted by Gasteiger charge is 2.25. The van der Waals surface area contributed by atoms with E-state index >= 15 is 0 Å². The number of aromatic nitrogens is 1. The van der Waals surface area contributed by atoms with Gasteiger partial charge in [0.05, 0.1) is 11.7 Å². The van der Waals surface area contributed by atoms with Gasteiger partial charge in [-0.3, -0.25) is 9.78 Å². The van der Waals surface area contributed by atoms with Crippen molar-refractivity contribution in [1.29, 1.82) is 5.41 Å². The van der Waals surface area contributed by atoms with Crippen molar-refractivity contribution in [2.45, 2.75) is 25.3 Å². The predicted molar refractivity (Wildman–Crippen MR) is 95.1 cm³/mol. The van der Waals surface area contributed by atoms with Gasteiger partial charge < -0.3 is 16.0 Å². The number of carbonyl (C=O) groups excluding carboxylic acids is 1. The summed E-state index contributed by atoms with van der Waals surface area (Å²) in [6, 6.07) is 8.08. The lowest BCUT2D eigenvalue weighted by Gasteiger charge is -2.28. The zero-order valence-corrected chi connectivity index (χ0v) is 13.9. The van der Waals surface area contributed by atoms with E-state index in [1.165, 1.54) is 12.3 Å². The number of rotatable bonds is 5. The molecule has 26 heavy (non-hydrogen) atoms. The number of benzene rings is 1. The molecular formula is C19H18F2N4O. The summed E-state index contributed by atoms with van der Waals surface area (Å²) in [5.41, 5.74) is 1.56. The summed E-state index contributed by atoms with van der Waals surface area (Å²) in [6.45, 7) is 0. The number of nitrogens with zero attached hydrogens (tertiary/aromatic N) is 1. The molecule has 1 atom stereocenters. The monoisotopic (exact) mass is 356 g/mol. The number of amides is 1. The molecule has 1 aliphatic rings. The van der Waals surface area contributed by atoms with Crippen LogP contribution in [-0.2, 0) is 0 Å². The van der Waals surface area contributed by atoms with Gasteiger partial charge in [-0.25, -0.2) is 8.78 Å². The number of nitrogens with one attached hydrogen (secondary N) is 3. The molecule has 1 unspecified atom stereocenters. The van der Waals surface area contributed by atoms with Crippen molar-refractivity contribution >= 4 is 17.8 Å². The molecule has 0 saturated carbocycles. The molecule has 1 aromatic carbocycles. The van der Waals surface area contributed by atoms with Crippen LogP contribution in [0.25, 0.3) is 0 Å². The maximum Gasteiger partial charge on any atom is 0.270 e. The van der Waals surface area contributed by atoms with Crippen LogP contribution in [0.3, 0.4) is 0 Å². The van der Waals surface area contributed by atoms with Crippen molar-refractivity contribution in [1.82, 2.24) is 10.3 Å². The van der Waals surface area contributed by atoms with Gasteiger partial charge in [0.1, 0.15) is 17.3 Å². The number of anilines is 1. The Morgan fingerprint density at radius 3 is 2.81 bits per heavy atom. The molecule has 1 heterocycles. The zero-order chi connectivity index (χ0) is 18.5. The smallest absolute Gasteiger partial charge is 0.270 e. The molecule has 7 heteroatoms. The Labute approximate surface area is 149 Å². The lowest BCUT2D eigenvalue weighted by molar-refractivity contribution is 0.0935. The Bertz CT molecular complexity index is 866. The first kappa shape index (κ1) is 17.7. The number of carbonyl (C=O) groups is 1. The van der Waals surface area contributed by atoms with E-state index in [0.29, 0.717) is 29.8 Å². The molecule has 1 amide bonds. The number of halogens is 2. The molecule has 0 saturated heterocycles. The van der Waals surface area contributed by atoms with Crippen molar-refractivity contribution < 1.29 is 13.6 Å². The van der Waals surface area contributed by atoms with Gasteiger partial charge in [0.25, 0.3) is 5.91 Å². The predicted octanol–water partition coefficient (Wildman–Crippen LogP) is 3.66. The molecule has 0 bridgehead atoms. The fourth-order valence-electron chi connectivity index (χ4n) is 2.95. The largest absolute Gasteiger partial charge is 0.356 e. The number of pyridine rings is 1. The Balaban J connectivity index is 1.82. The van der Waals surface area contributed by atoms with Crippen molar-refractivity contribution in [3.63, 3.8) is 0 Å². The highest BCUT2D eigenvalue weighted by atomic mass is 19.1. The van der Waals surface area contributed by atoms with Crippen molar-refractivity contribution in [2.75, 3.05) is 5.32 Å². The molecule has 3 rings (SSSR count). The number of para-hydroxylation sites is 1. The molecule has 2 aromatic rings. The first-order valence-electron chi connectivity index (χ1n) is 8.26. The molecule has 1 aromatic heterocycles. The maximum absolute atomic E-state index is 13.9. The minimum Gasteiger partial charge on any atom is -0.356 e. The van der Waals surface area contributed by atoms with Gasteiger partial charge in [0.15, 0.2) is 0 Å². The minimum atomic E-state index is -0.543. The van der Waals surface area contributed by atoms with E-state index < -0.39 is 17.8 Å². The van der Waals surface area contributed by atoms with Crippen LogP contribution in [0.15, 0.2) is 53.9 Å². The number of hydrogen-bond donors (Lipinski definition) is 3. The zero-order valence-electron chi connectivity index (χ0n) is 13.9. The normalized spacial score (nSPS) is 16.9. The highest BCUT2D eigenvalue weighted by molar-refractivity contribution is 5.93. The van der Waals surface area contributed by atoms with E-state index in [0.717, 1.165) is 24.8 Å². The molecule has 0 aliphatic heterocycles. The standard InChI is InChI=1S/C19H18F2N4O/c20-12-8-9-23-18(10-12)19(26)25-16-7-3-6-15(13(16)11-22)24-17-5-2-1-4-14(17)21/h1-2,4-5,8-11,16,22,24H,3,6-7H2,(H,25,26). The Kier molecular flexibility index (Phi) is 5.36. The molecular weight excluding hydrogens is 338 g/mol. The minimum absolute atomic E-state index is 0.0245. The van der Waals surface area contributed by atoms with E-state index in [4.69, 9.17) is 5.41 Å². The van der Waals surface area contributed by atoms with E-state index in [1.54, 1.807) is 18.2 Å². The lowest BCUT2D eigenvalue weighted by atomic mass is 9.91. The molecule has 0 fully saturated rings. The van der Waals surface area contributed by atoms with E-state index in [1.807, 2.05) is 0 Å². The summed E-state index contributed by atoms with van der Waals surface area (Å²) in [6.07, 6.45) is 4.42. The molecule has 5 nitrogen and oxygen atoms in total. The molecule has 0 spiro atoms. The first-order valence-corrected chi connectivity index (χ1v) is 8.26. The SMILES string of the molecule is N=CC1=C(Nc2ccccc2F)CCCC1NC(=O)c1cc(F)ccn1. The molecule has 134 valence electrons. The van der Waals surface area contributed by atoms with Crippen LogP contribution < -0.4 is 10.6 Å². The second kappa shape index (κ2) is 7.86. The van der Waals surface area contributed by atoms with Gasteiger partial charge in [-0.05, 0) is 37.5 Å². The fourth-order valence-corrected chi connectivity index (χ4v) is 2.95. The van der Waals surface area contributed by atoms with Crippen LogP contribution in [0.5, 0.6) is 0 Å². The lowest BCUT2D eigenvalue weighted by Crippen LogP contribution is -2.39. The van der Waals surface area contributed by atoms with Crippen LogP contribution in [0.1, 0.15) is 29.8 Å². The van der Waals surface area contributed by atoms with Gasteiger partial charge >= 0.3 is 0 Å². The summed E-state index contributed by atoms with van der Waals surface area (Å²) < 4.78 is 27.2. The third-order valence-electron chi connectivity index (χ3n) is 4.22. The summed E-state index contributed by atoms with van der Waals surface area (Å²) in [5, 5.41) is 13.5. The van der Waals surface area contributed by atoms with Crippen LogP contribution in [0, 0.1) is 17.0 Å². The summed E-state index contributed by atoms with van der Waals surface area (Å²) in [4.78, 5) is 16.2. The van der Waals surface area contributed by atoms with Crippen LogP contribution >= 0.6 is 0 Å². The fraction of sp³-hybridized carbons (Fsp3) is 0.211. The average molecular weight is 356 g/mol. The van der Waals surface area contributed by atoms with Gasteiger partial charge in [-0.2, -0.15) is 0 Å². The van der Waals surface area contributed by atoms with Gasteiger partial charge in [0.2, 0.25) is 0 Å². The van der Waals surface area contributed by atoms with Crippen molar-refractivity contribution in [3.05, 3.63) is 71.2 Å². The topological polar surface area (TPSA) is 77.9 Å². The van der Waals surface area contributed by atoms with E-state index in [2.05, 4.69) is 15.6 Å². The highest BCUT2D eigenvalue weighted by Crippen LogP contribution is 2.27. The third kappa shape index (κ3) is 3.93. The summed E-state index contributed by atoms with van der Waals surface area (Å²) in [7, 11) is 0. The van der Waals surface area contributed by atoms with Crippen LogP contribution in [0.4, 0.5) is 14.5 Å². The van der Waals surface area contributed by atoms with Crippen LogP contribution in [0.2, 0.25) is 0 Å². The quantitative estimate of drug-likeness (QED) is 0.716. The van der Waals surface area contributed by atoms with Gasteiger partial charge in [0, 0.05) is 29.7 Å². The maximum atomic E-state index is 13.9. The molecule has 0 radical (unpaired) electrons. The average Bonchev–Trinajstić information content (AvgIpc) is 2.64. The van der Waals surface area contributed by atoms with Crippen LogP contribution in [-0.4, -0.2) is 23.1 Å². The summed E-state index contributed by atoms with van der Waals surface area (Å²) >= 11 is 0. The Morgan fingerprint density at radius 2 is 2.08 bits per heavy atom. The third-order valence-corrected chi connectivity index (χ3v) is 4.22. The second-order valence-corrected chi connectivity index (χ2v) is 5.96. The van der Waals surface area contributed by atoms with Gasteiger partial charge in [-0.1, -0.05) is 12.1 Å². The molecule has 1 aliphatic carbocycles. The van der Waals surface area contributed by atoms with Crippen molar-refractivity contribution in [2.24, 2.45) is 0 Å².